The fourth-order valence-electron chi connectivity index (χ4n) is 1.78. The fourth-order valence-corrected chi connectivity index (χ4v) is 1.78. The van der Waals surface area contributed by atoms with Crippen LogP contribution in [0.25, 0.3) is 0 Å². The maximum Gasteiger partial charge on any atom is 0.309 e. The molecule has 1 aromatic heterocycles. The van der Waals surface area contributed by atoms with Crippen molar-refractivity contribution in [1.29, 1.82) is 0 Å². The van der Waals surface area contributed by atoms with Gasteiger partial charge in [0.05, 0.1) is 5.41 Å². The number of nitrogens with zero attached hydrogens (tertiary/aromatic N) is 1. The number of carboxylic acid groups (broad SMARTS) is 1. The molecule has 0 aliphatic rings. The lowest BCUT2D eigenvalue weighted by Crippen LogP contribution is -2.29. The molecule has 0 saturated heterocycles. The van der Waals surface area contributed by atoms with Gasteiger partial charge >= 0.3 is 5.97 Å². The second-order valence-corrected chi connectivity index (χ2v) is 4.15. The van der Waals surface area contributed by atoms with Crippen molar-refractivity contribution in [3.05, 3.63) is 30.1 Å². The van der Waals surface area contributed by atoms with Crippen molar-refractivity contribution < 1.29 is 9.90 Å². The SMILES string of the molecule is CCCC(C)(Cc1cccnc1)C(=O)O. The van der Waals surface area contributed by atoms with Gasteiger partial charge < -0.3 is 5.11 Å². The van der Waals surface area contributed by atoms with Crippen LogP contribution in [-0.2, 0) is 11.2 Å². The lowest BCUT2D eigenvalue weighted by molar-refractivity contribution is -0.148. The van der Waals surface area contributed by atoms with Gasteiger partial charge in [0.2, 0.25) is 0 Å². The van der Waals surface area contributed by atoms with Crippen molar-refractivity contribution in [2.45, 2.75) is 33.1 Å². The Morgan fingerprint density at radius 2 is 2.33 bits per heavy atom. The van der Waals surface area contributed by atoms with E-state index in [4.69, 9.17) is 0 Å². The highest BCUT2D eigenvalue weighted by Gasteiger charge is 2.32. The molecule has 0 aliphatic heterocycles. The van der Waals surface area contributed by atoms with Crippen LogP contribution in [0.1, 0.15) is 32.3 Å². The van der Waals surface area contributed by atoms with Crippen LogP contribution in [0.5, 0.6) is 0 Å². The van der Waals surface area contributed by atoms with E-state index in [0.717, 1.165) is 12.0 Å². The molecule has 1 atom stereocenters. The van der Waals surface area contributed by atoms with E-state index in [0.29, 0.717) is 12.8 Å². The molecule has 3 nitrogen and oxygen atoms in total. The molecule has 1 aromatic rings. The number of pyridine rings is 1. The summed E-state index contributed by atoms with van der Waals surface area (Å²) in [5.74, 6) is -0.729. The Balaban J connectivity index is 2.80. The number of carboxylic acids is 1. The van der Waals surface area contributed by atoms with Gasteiger partial charge in [-0.1, -0.05) is 19.4 Å². The molecule has 0 aliphatic carbocycles. The molecule has 1 unspecified atom stereocenters. The Kier molecular flexibility index (Phi) is 3.83. The summed E-state index contributed by atoms with van der Waals surface area (Å²) in [5.41, 5.74) is 0.313. The monoisotopic (exact) mass is 207 g/mol. The predicted octanol–water partition coefficient (Wildman–Crippen LogP) is 2.52. The second-order valence-electron chi connectivity index (χ2n) is 4.15. The number of aliphatic carboxylic acids is 1. The van der Waals surface area contributed by atoms with Gasteiger partial charge in [0.1, 0.15) is 0 Å². The van der Waals surface area contributed by atoms with Crippen molar-refractivity contribution in [3.8, 4) is 0 Å². The van der Waals surface area contributed by atoms with Crippen molar-refractivity contribution >= 4 is 5.97 Å². The smallest absolute Gasteiger partial charge is 0.309 e. The zero-order chi connectivity index (χ0) is 11.3. The first-order chi connectivity index (χ1) is 7.08. The molecule has 0 aromatic carbocycles. The summed E-state index contributed by atoms with van der Waals surface area (Å²) in [6.07, 6.45) is 5.54. The molecule has 1 heterocycles. The maximum atomic E-state index is 11.2. The Hall–Kier alpha value is -1.38. The van der Waals surface area contributed by atoms with Crippen molar-refractivity contribution in [2.75, 3.05) is 0 Å². The molecular weight excluding hydrogens is 190 g/mol. The molecule has 3 heteroatoms. The van der Waals surface area contributed by atoms with Crippen LogP contribution >= 0.6 is 0 Å². The molecule has 1 N–H and O–H groups in total. The van der Waals surface area contributed by atoms with Crippen molar-refractivity contribution in [3.63, 3.8) is 0 Å². The second kappa shape index (κ2) is 4.91. The van der Waals surface area contributed by atoms with Crippen LogP contribution in [-0.4, -0.2) is 16.1 Å². The Morgan fingerprint density at radius 1 is 1.60 bits per heavy atom. The minimum Gasteiger partial charge on any atom is -0.481 e. The lowest BCUT2D eigenvalue weighted by Gasteiger charge is -2.23. The third kappa shape index (κ3) is 3.05. The molecule has 15 heavy (non-hydrogen) atoms. The van der Waals surface area contributed by atoms with Gasteiger partial charge in [0, 0.05) is 12.4 Å². The molecule has 0 fully saturated rings. The van der Waals surface area contributed by atoms with Crippen LogP contribution in [0.15, 0.2) is 24.5 Å². The average Bonchev–Trinajstić information content (AvgIpc) is 2.19. The molecule has 0 spiro atoms. The van der Waals surface area contributed by atoms with Gasteiger partial charge in [0.25, 0.3) is 0 Å². The lowest BCUT2D eigenvalue weighted by atomic mass is 9.80. The van der Waals surface area contributed by atoms with Crippen LogP contribution in [0.3, 0.4) is 0 Å². The van der Waals surface area contributed by atoms with Crippen LogP contribution < -0.4 is 0 Å². The average molecular weight is 207 g/mol. The minimum atomic E-state index is -0.729. The van der Waals surface area contributed by atoms with Crippen molar-refractivity contribution in [2.24, 2.45) is 5.41 Å². The Morgan fingerprint density at radius 3 is 2.80 bits per heavy atom. The highest BCUT2D eigenvalue weighted by molar-refractivity contribution is 5.74. The van der Waals surface area contributed by atoms with E-state index in [-0.39, 0.29) is 0 Å². The summed E-state index contributed by atoms with van der Waals surface area (Å²) in [7, 11) is 0. The Bertz CT molecular complexity index is 324. The topological polar surface area (TPSA) is 50.2 Å². The molecule has 0 amide bonds. The van der Waals surface area contributed by atoms with E-state index in [2.05, 4.69) is 4.98 Å². The zero-order valence-electron chi connectivity index (χ0n) is 9.23. The molecule has 0 saturated carbocycles. The highest BCUT2D eigenvalue weighted by Crippen LogP contribution is 2.28. The van der Waals surface area contributed by atoms with E-state index in [9.17, 15) is 9.90 Å². The number of hydrogen-bond acceptors (Lipinski definition) is 2. The third-order valence-corrected chi connectivity index (χ3v) is 2.64. The molecule has 0 bridgehead atoms. The number of carbonyl (C=O) groups is 1. The number of rotatable bonds is 5. The van der Waals surface area contributed by atoms with E-state index in [1.165, 1.54) is 0 Å². The van der Waals surface area contributed by atoms with Gasteiger partial charge in [0.15, 0.2) is 0 Å². The van der Waals surface area contributed by atoms with Crippen LogP contribution in [0.2, 0.25) is 0 Å². The maximum absolute atomic E-state index is 11.2. The normalized spacial score (nSPS) is 14.5. The molecule has 0 radical (unpaired) electrons. The van der Waals surface area contributed by atoms with Crippen LogP contribution in [0, 0.1) is 5.41 Å². The quantitative estimate of drug-likeness (QED) is 0.807. The largest absolute Gasteiger partial charge is 0.481 e. The minimum absolute atomic E-state index is 0.546. The third-order valence-electron chi connectivity index (χ3n) is 2.64. The molecule has 1 rings (SSSR count). The summed E-state index contributed by atoms with van der Waals surface area (Å²) in [6.45, 7) is 3.80. The molecular formula is C12H17NO2. The first-order valence-corrected chi connectivity index (χ1v) is 5.21. The molecule has 82 valence electrons. The zero-order valence-corrected chi connectivity index (χ0v) is 9.23. The summed E-state index contributed by atoms with van der Waals surface area (Å²) in [5, 5.41) is 9.20. The van der Waals surface area contributed by atoms with E-state index in [1.807, 2.05) is 19.1 Å². The first-order valence-electron chi connectivity index (χ1n) is 5.21. The van der Waals surface area contributed by atoms with Crippen LogP contribution in [0.4, 0.5) is 0 Å². The summed E-state index contributed by atoms with van der Waals surface area (Å²) in [4.78, 5) is 15.2. The van der Waals surface area contributed by atoms with Gasteiger partial charge in [-0.25, -0.2) is 0 Å². The fraction of sp³-hybridized carbons (Fsp3) is 0.500. The van der Waals surface area contributed by atoms with E-state index < -0.39 is 11.4 Å². The Labute approximate surface area is 90.2 Å². The summed E-state index contributed by atoms with van der Waals surface area (Å²) in [6, 6.07) is 3.76. The van der Waals surface area contributed by atoms with Crippen molar-refractivity contribution in [1.82, 2.24) is 4.98 Å². The van der Waals surface area contributed by atoms with Gasteiger partial charge in [-0.15, -0.1) is 0 Å². The summed E-state index contributed by atoms with van der Waals surface area (Å²) < 4.78 is 0. The van der Waals surface area contributed by atoms with Gasteiger partial charge in [-0.3, -0.25) is 9.78 Å². The number of hydrogen-bond donors (Lipinski definition) is 1. The van der Waals surface area contributed by atoms with Gasteiger partial charge in [-0.2, -0.15) is 0 Å². The highest BCUT2D eigenvalue weighted by atomic mass is 16.4. The standard InChI is InChI=1S/C12H17NO2/c1-3-6-12(2,11(14)15)8-10-5-4-7-13-9-10/h4-5,7,9H,3,6,8H2,1-2H3,(H,14,15). The summed E-state index contributed by atoms with van der Waals surface area (Å²) >= 11 is 0. The van der Waals surface area contributed by atoms with E-state index in [1.54, 1.807) is 19.3 Å². The van der Waals surface area contributed by atoms with E-state index >= 15 is 0 Å². The first kappa shape index (κ1) is 11.7. The predicted molar refractivity (Wildman–Crippen MR) is 58.6 cm³/mol. The van der Waals surface area contributed by atoms with Gasteiger partial charge in [-0.05, 0) is 31.4 Å². The number of aromatic nitrogens is 1.